The first kappa shape index (κ1) is 64.5. The first-order valence-corrected chi connectivity index (χ1v) is 30.3. The summed E-state index contributed by atoms with van der Waals surface area (Å²) in [5.74, 6) is 0.273. The second kappa shape index (κ2) is 34.6. The third-order valence-electron chi connectivity index (χ3n) is 14.4. The molecule has 2 aromatic heterocycles. The molecule has 0 aliphatic carbocycles. The zero-order valence-corrected chi connectivity index (χ0v) is 51.0. The van der Waals surface area contributed by atoms with E-state index in [1.165, 1.54) is 22.3 Å². The van der Waals surface area contributed by atoms with Crippen molar-refractivity contribution in [3.63, 3.8) is 0 Å². The lowest BCUT2D eigenvalue weighted by atomic mass is 9.84. The average Bonchev–Trinajstić information content (AvgIpc) is 2.09. The Bertz CT molecular complexity index is 2810. The minimum Gasteiger partial charge on any atom is -0.377 e. The number of rotatable bonds is 35. The van der Waals surface area contributed by atoms with Gasteiger partial charge in [0.05, 0.1) is 105 Å². The lowest BCUT2D eigenvalue weighted by molar-refractivity contribution is 0.0135. The number of carbonyl (C=O) groups is 2. The van der Waals surface area contributed by atoms with Gasteiger partial charge in [-0.1, -0.05) is 106 Å². The number of nitrogens with zero attached hydrogens (tertiary/aromatic N) is 8. The number of halogens is 4. The molecule has 24 heteroatoms. The molecule has 4 aromatic carbocycles. The molecule has 0 saturated heterocycles. The minimum absolute atomic E-state index is 0.136. The van der Waals surface area contributed by atoms with Crippen molar-refractivity contribution in [2.45, 2.75) is 63.7 Å². The van der Waals surface area contributed by atoms with Crippen LogP contribution >= 0.6 is 46.4 Å². The summed E-state index contributed by atoms with van der Waals surface area (Å²) in [5, 5.41) is 31.5. The molecule has 2 aliphatic heterocycles. The Morgan fingerprint density at radius 3 is 1.29 bits per heavy atom. The van der Waals surface area contributed by atoms with Gasteiger partial charge < -0.3 is 59.5 Å². The minimum atomic E-state index is -0.228. The van der Waals surface area contributed by atoms with E-state index in [0.717, 1.165) is 85.5 Å². The molecule has 4 amide bonds. The van der Waals surface area contributed by atoms with Gasteiger partial charge in [0, 0.05) is 95.4 Å². The van der Waals surface area contributed by atoms with Crippen LogP contribution in [0, 0.1) is 0 Å². The maximum Gasteiger partial charge on any atom is 0.314 e. The van der Waals surface area contributed by atoms with Crippen molar-refractivity contribution < 1.29 is 38.0 Å². The fourth-order valence-electron chi connectivity index (χ4n) is 10.2. The predicted octanol–water partition coefficient (Wildman–Crippen LogP) is 8.93. The number of fused-ring (bicyclic) bond motifs is 2. The molecule has 20 nitrogen and oxygen atoms in total. The van der Waals surface area contributed by atoms with Gasteiger partial charge in [0.25, 0.3) is 0 Å². The number of hydrogen-bond acceptors (Lipinski definition) is 14. The van der Waals surface area contributed by atoms with Crippen LogP contribution in [-0.4, -0.2) is 184 Å². The molecule has 8 rings (SSSR count). The fourth-order valence-corrected chi connectivity index (χ4v) is 11.3. The molecule has 6 aromatic rings. The Hall–Kier alpha value is -5.46. The number of urea groups is 2. The number of amides is 4. The summed E-state index contributed by atoms with van der Waals surface area (Å²) < 4.78 is 37.5. The van der Waals surface area contributed by atoms with Crippen LogP contribution in [0.2, 0.25) is 20.1 Å². The van der Waals surface area contributed by atoms with Gasteiger partial charge >= 0.3 is 12.1 Å². The van der Waals surface area contributed by atoms with Crippen LogP contribution in [0.5, 0.6) is 0 Å². The van der Waals surface area contributed by atoms with E-state index in [-0.39, 0.29) is 23.9 Å². The summed E-state index contributed by atoms with van der Waals surface area (Å²) in [7, 11) is 4.21. The largest absolute Gasteiger partial charge is 0.377 e. The zero-order valence-electron chi connectivity index (χ0n) is 48.0. The highest BCUT2D eigenvalue weighted by molar-refractivity contribution is 6.35. The van der Waals surface area contributed by atoms with Crippen LogP contribution in [0.15, 0.2) is 85.2 Å². The quantitative estimate of drug-likeness (QED) is 0.0274. The number of carbonyl (C=O) groups excluding carboxylic acids is 2. The van der Waals surface area contributed by atoms with E-state index in [0.29, 0.717) is 139 Å². The molecular weight excluding hydrogens is 1160 g/mol. The van der Waals surface area contributed by atoms with Crippen LogP contribution in [0.3, 0.4) is 0 Å². The summed E-state index contributed by atoms with van der Waals surface area (Å²) in [4.78, 5) is 28.8. The third-order valence-corrected chi connectivity index (χ3v) is 15.5. The van der Waals surface area contributed by atoms with E-state index in [2.05, 4.69) is 102 Å². The third kappa shape index (κ3) is 20.6. The molecule has 4 N–H and O–H groups in total. The molecule has 0 fully saturated rings. The van der Waals surface area contributed by atoms with Gasteiger partial charge in [-0.2, -0.15) is 0 Å². The van der Waals surface area contributed by atoms with Crippen molar-refractivity contribution in [1.29, 1.82) is 0 Å². The number of hydrogen-bond donors (Lipinski definition) is 4. The summed E-state index contributed by atoms with van der Waals surface area (Å²) in [6.07, 6.45) is 7.42. The summed E-state index contributed by atoms with van der Waals surface area (Å²) >= 11 is 26.0. The van der Waals surface area contributed by atoms with E-state index in [4.69, 9.17) is 74.8 Å². The van der Waals surface area contributed by atoms with Crippen LogP contribution in [-0.2, 0) is 54.6 Å². The Morgan fingerprint density at radius 2 is 0.869 bits per heavy atom. The van der Waals surface area contributed by atoms with Crippen LogP contribution in [0.1, 0.15) is 70.9 Å². The topological polar surface area (TPSA) is 206 Å². The van der Waals surface area contributed by atoms with Crippen molar-refractivity contribution in [3.8, 4) is 22.5 Å². The summed E-state index contributed by atoms with van der Waals surface area (Å²) in [6, 6.07) is 24.1. The van der Waals surface area contributed by atoms with Crippen molar-refractivity contribution >= 4 is 58.5 Å². The maximum atomic E-state index is 12.1. The first-order valence-electron chi connectivity index (χ1n) is 28.8. The Balaban J connectivity index is 0.539. The number of ether oxygens (including phenoxy) is 6. The molecule has 4 heterocycles. The van der Waals surface area contributed by atoms with Gasteiger partial charge in [-0.05, 0) is 96.7 Å². The number of unbranched alkanes of at least 4 members (excludes halogenated alkanes) is 3. The SMILES string of the molecule is CN1Cc2c(Cl)cc(Cl)cc2[C@H](c2cccc(-c3cn(CCOCCOCCOCCNC(=O)NCCCCCCNC(=O)NCCOCCOCCOCCn4cc(-c5cccc([C@@H]6CN(C)Cc7c(Cl)cc(Cl)cc76)c5)nn4)nn3)c2)C1. The molecule has 0 unspecified atom stereocenters. The molecule has 0 radical (unpaired) electrons. The molecule has 0 spiro atoms. The average molecular weight is 1240 g/mol. The number of benzene rings is 4. The molecule has 0 bridgehead atoms. The van der Waals surface area contributed by atoms with Crippen LogP contribution in [0.4, 0.5) is 9.59 Å². The molecule has 84 heavy (non-hydrogen) atoms. The highest BCUT2D eigenvalue weighted by Crippen LogP contribution is 2.41. The molecule has 454 valence electrons. The van der Waals surface area contributed by atoms with Gasteiger partial charge in [-0.3, -0.25) is 0 Å². The van der Waals surface area contributed by atoms with Crippen molar-refractivity contribution in [1.82, 2.24) is 61.1 Å². The van der Waals surface area contributed by atoms with E-state index in [1.807, 2.05) is 48.8 Å². The van der Waals surface area contributed by atoms with Gasteiger partial charge in [0.1, 0.15) is 11.4 Å². The monoisotopic (exact) mass is 1230 g/mol. The fraction of sp³-hybridized carbons (Fsp3) is 0.500. The van der Waals surface area contributed by atoms with E-state index in [1.54, 1.807) is 9.36 Å². The Labute approximate surface area is 512 Å². The van der Waals surface area contributed by atoms with Crippen LogP contribution < -0.4 is 21.3 Å². The van der Waals surface area contributed by atoms with E-state index in [9.17, 15) is 9.59 Å². The number of likely N-dealkylation sites (N-methyl/N-ethyl adjacent to an activating group) is 2. The summed E-state index contributed by atoms with van der Waals surface area (Å²) in [5.41, 5.74) is 10.5. The van der Waals surface area contributed by atoms with E-state index < -0.39 is 0 Å². The smallest absolute Gasteiger partial charge is 0.314 e. The lowest BCUT2D eigenvalue weighted by Gasteiger charge is -2.33. The normalized spacial score (nSPS) is 15.2. The molecule has 2 atom stereocenters. The van der Waals surface area contributed by atoms with Gasteiger partial charge in [0.15, 0.2) is 0 Å². The number of aromatic nitrogens is 6. The summed E-state index contributed by atoms with van der Waals surface area (Å²) in [6.45, 7) is 11.5. The first-order chi connectivity index (χ1) is 41.0. The molecule has 2 aliphatic rings. The van der Waals surface area contributed by atoms with Gasteiger partial charge in [-0.25, -0.2) is 19.0 Å². The van der Waals surface area contributed by atoms with Gasteiger partial charge in [0.2, 0.25) is 0 Å². The van der Waals surface area contributed by atoms with Gasteiger partial charge in [-0.15, -0.1) is 10.2 Å². The maximum absolute atomic E-state index is 12.1. The second-order valence-corrected chi connectivity index (χ2v) is 22.5. The standard InChI is InChI=1S/C60H78Cl4N12O8/c1-73-37-51(49-33-47(61)35-55(63)53(49)39-73)43-9-7-11-45(31-43)57-41-75(71-69-57)17-21-81-25-29-83-27-23-79-19-15-67-59(77)65-13-5-3-4-6-14-66-60(78)68-16-20-80-24-28-84-30-26-82-22-18-76-42-58(70-72-76)46-12-8-10-44(32-46)52-38-74(2)40-54-50(52)34-48(62)36-56(54)64/h7-12,31-36,41-42,51-52H,3-6,13-30,37-40H2,1-2H3,(H2,65,67,77)(H2,66,68,78)/t51-,52-/m0/s1. The zero-order chi connectivity index (χ0) is 58.9. The van der Waals surface area contributed by atoms with Crippen molar-refractivity contribution in [2.75, 3.05) is 133 Å². The molecular formula is C60H78Cl4N12O8. The second-order valence-electron chi connectivity index (χ2n) is 20.8. The highest BCUT2D eigenvalue weighted by Gasteiger charge is 2.29. The lowest BCUT2D eigenvalue weighted by Crippen LogP contribution is -2.38. The highest BCUT2D eigenvalue weighted by atomic mass is 35.5. The predicted molar refractivity (Wildman–Crippen MR) is 326 cm³/mol. The Morgan fingerprint density at radius 1 is 0.488 bits per heavy atom. The van der Waals surface area contributed by atoms with Crippen LogP contribution in [0.25, 0.3) is 22.5 Å². The van der Waals surface area contributed by atoms with Crippen molar-refractivity contribution in [2.24, 2.45) is 0 Å². The molecule has 0 saturated carbocycles. The Kier molecular flexibility index (Phi) is 26.6. The van der Waals surface area contributed by atoms with E-state index >= 15 is 0 Å². The van der Waals surface area contributed by atoms with Crippen molar-refractivity contribution in [3.05, 3.63) is 139 Å². The number of nitrogens with one attached hydrogen (secondary N) is 4.